The summed E-state index contributed by atoms with van der Waals surface area (Å²) in [6, 6.07) is 15.9. The summed E-state index contributed by atoms with van der Waals surface area (Å²) in [7, 11) is 1.71. The molecular weight excluding hydrogens is 380 g/mol. The van der Waals surface area contributed by atoms with Crippen molar-refractivity contribution >= 4 is 23.2 Å². The number of aryl methyl sites for hydroxylation is 2. The molecule has 2 heterocycles. The minimum atomic E-state index is -0.530. The summed E-state index contributed by atoms with van der Waals surface area (Å²) in [6.45, 7) is 3.71. The number of amides is 1. The number of carbonyl (C=O) groups excluding carboxylic acids is 2. The van der Waals surface area contributed by atoms with E-state index < -0.39 is 5.97 Å². The van der Waals surface area contributed by atoms with Gasteiger partial charge in [0.1, 0.15) is 11.3 Å². The molecule has 0 aliphatic carbocycles. The monoisotopic (exact) mass is 400 g/mol. The third kappa shape index (κ3) is 3.65. The number of hydrogen-bond acceptors (Lipinski definition) is 5. The Hall–Kier alpha value is -4.00. The van der Waals surface area contributed by atoms with Crippen LogP contribution in [0.1, 0.15) is 32.0 Å². The van der Waals surface area contributed by atoms with Gasteiger partial charge in [0.25, 0.3) is 5.91 Å². The van der Waals surface area contributed by atoms with Gasteiger partial charge in [-0.1, -0.05) is 17.7 Å². The highest BCUT2D eigenvalue weighted by Gasteiger charge is 2.20. The molecule has 1 amide bonds. The lowest BCUT2D eigenvalue weighted by Crippen LogP contribution is -2.26. The van der Waals surface area contributed by atoms with E-state index in [1.807, 2.05) is 19.1 Å². The molecule has 4 aromatic rings. The van der Waals surface area contributed by atoms with Gasteiger partial charge in [-0.15, -0.1) is 0 Å². The maximum Gasteiger partial charge on any atom is 0.349 e. The maximum absolute atomic E-state index is 12.7. The van der Waals surface area contributed by atoms with Crippen molar-refractivity contribution in [2.24, 2.45) is 0 Å². The summed E-state index contributed by atoms with van der Waals surface area (Å²) in [5.41, 5.74) is 3.70. The van der Waals surface area contributed by atoms with Gasteiger partial charge >= 0.3 is 5.97 Å². The number of nitrogens with zero attached hydrogens (tertiary/aromatic N) is 4. The normalized spacial score (nSPS) is 10.8. The van der Waals surface area contributed by atoms with E-state index in [0.29, 0.717) is 33.9 Å². The molecular formula is C23H20N4O3. The van der Waals surface area contributed by atoms with Crippen LogP contribution in [-0.4, -0.2) is 33.5 Å². The molecule has 4 rings (SSSR count). The molecule has 30 heavy (non-hydrogen) atoms. The molecule has 0 fully saturated rings. The van der Waals surface area contributed by atoms with Crippen molar-refractivity contribution in [2.45, 2.75) is 13.8 Å². The summed E-state index contributed by atoms with van der Waals surface area (Å²) in [6.07, 6.45) is 3.32. The average Bonchev–Trinajstić information content (AvgIpc) is 3.09. The highest BCUT2D eigenvalue weighted by atomic mass is 16.5. The molecule has 0 spiro atoms. The van der Waals surface area contributed by atoms with Crippen LogP contribution in [-0.2, 0) is 0 Å². The Labute approximate surface area is 173 Å². The predicted octanol–water partition coefficient (Wildman–Crippen LogP) is 3.84. The fraction of sp³-hybridized carbons (Fsp3) is 0.130. The quantitative estimate of drug-likeness (QED) is 0.384. The summed E-state index contributed by atoms with van der Waals surface area (Å²) in [5, 5.41) is 4.28. The number of ether oxygens (including phenoxy) is 1. The topological polar surface area (TPSA) is 76.8 Å². The first-order chi connectivity index (χ1) is 14.4. The second-order valence-electron chi connectivity index (χ2n) is 6.96. The van der Waals surface area contributed by atoms with E-state index in [9.17, 15) is 9.59 Å². The van der Waals surface area contributed by atoms with Crippen molar-refractivity contribution in [3.63, 3.8) is 0 Å². The van der Waals surface area contributed by atoms with E-state index in [4.69, 9.17) is 4.74 Å². The van der Waals surface area contributed by atoms with Crippen molar-refractivity contribution in [3.05, 3.63) is 89.4 Å². The Morgan fingerprint density at radius 1 is 1.00 bits per heavy atom. The molecule has 0 atom stereocenters. The molecule has 0 aliphatic rings. The second-order valence-corrected chi connectivity index (χ2v) is 6.96. The van der Waals surface area contributed by atoms with Crippen LogP contribution >= 0.6 is 0 Å². The minimum absolute atomic E-state index is 0.118. The number of carbonyl (C=O) groups is 2. The molecule has 2 aromatic carbocycles. The zero-order chi connectivity index (χ0) is 21.3. The largest absolute Gasteiger partial charge is 0.423 e. The van der Waals surface area contributed by atoms with Gasteiger partial charge in [-0.05, 0) is 56.3 Å². The van der Waals surface area contributed by atoms with Gasteiger partial charge in [-0.3, -0.25) is 4.79 Å². The van der Waals surface area contributed by atoms with Crippen LogP contribution in [0, 0.1) is 13.8 Å². The Morgan fingerprint density at radius 3 is 2.40 bits per heavy atom. The van der Waals surface area contributed by atoms with E-state index in [2.05, 4.69) is 10.1 Å². The lowest BCUT2D eigenvalue weighted by Gasteiger charge is -2.18. The van der Waals surface area contributed by atoms with Gasteiger partial charge in [-0.2, -0.15) is 5.10 Å². The number of fused-ring (bicyclic) bond motifs is 1. The Balaban J connectivity index is 1.50. The van der Waals surface area contributed by atoms with Crippen LogP contribution < -0.4 is 9.64 Å². The molecule has 0 unspecified atom stereocenters. The van der Waals surface area contributed by atoms with Gasteiger partial charge in [0.05, 0.1) is 5.69 Å². The molecule has 2 aromatic heterocycles. The number of esters is 1. The Kier molecular flexibility index (Phi) is 5.02. The standard InChI is InChI=1S/C23H20N4O3/c1-15-5-7-17(8-6-15)22(28)26(3)18-9-11-19(12-10-18)30-23(29)20-16(2)25-27-14-4-13-24-21(20)27/h4-14H,1-3H3. The highest BCUT2D eigenvalue weighted by molar-refractivity contribution is 6.05. The summed E-state index contributed by atoms with van der Waals surface area (Å²) >= 11 is 0. The van der Waals surface area contributed by atoms with Gasteiger partial charge in [0.2, 0.25) is 0 Å². The third-order valence-electron chi connectivity index (χ3n) is 4.81. The first-order valence-electron chi connectivity index (χ1n) is 9.41. The molecule has 0 bridgehead atoms. The van der Waals surface area contributed by atoms with Crippen LogP contribution in [0.3, 0.4) is 0 Å². The lowest BCUT2D eigenvalue weighted by atomic mass is 10.1. The van der Waals surface area contributed by atoms with E-state index in [-0.39, 0.29) is 5.91 Å². The number of benzene rings is 2. The first kappa shape index (κ1) is 19.3. The highest BCUT2D eigenvalue weighted by Crippen LogP contribution is 2.22. The third-order valence-corrected chi connectivity index (χ3v) is 4.81. The summed E-state index contributed by atoms with van der Waals surface area (Å²) in [5.74, 6) is -0.277. The van der Waals surface area contributed by atoms with Gasteiger partial charge < -0.3 is 9.64 Å². The van der Waals surface area contributed by atoms with Crippen LogP contribution in [0.15, 0.2) is 67.0 Å². The van der Waals surface area contributed by atoms with Crippen molar-refractivity contribution in [1.29, 1.82) is 0 Å². The van der Waals surface area contributed by atoms with Crippen LogP contribution in [0.5, 0.6) is 5.75 Å². The molecule has 0 N–H and O–H groups in total. The number of aromatic nitrogens is 3. The van der Waals surface area contributed by atoms with Gasteiger partial charge in [0, 0.05) is 30.7 Å². The molecule has 7 heteroatoms. The molecule has 0 aliphatic heterocycles. The zero-order valence-corrected chi connectivity index (χ0v) is 16.9. The maximum atomic E-state index is 12.7. The second kappa shape index (κ2) is 7.79. The van der Waals surface area contributed by atoms with E-state index in [0.717, 1.165) is 5.56 Å². The van der Waals surface area contributed by atoms with E-state index in [1.54, 1.807) is 78.2 Å². The summed E-state index contributed by atoms with van der Waals surface area (Å²) in [4.78, 5) is 31.1. The average molecular weight is 400 g/mol. The predicted molar refractivity (Wildman–Crippen MR) is 113 cm³/mol. The van der Waals surface area contributed by atoms with Gasteiger partial charge in [-0.25, -0.2) is 14.3 Å². The van der Waals surface area contributed by atoms with Crippen LogP contribution in [0.4, 0.5) is 5.69 Å². The Morgan fingerprint density at radius 2 is 1.70 bits per heavy atom. The fourth-order valence-electron chi connectivity index (χ4n) is 3.14. The fourth-order valence-corrected chi connectivity index (χ4v) is 3.14. The summed E-state index contributed by atoms with van der Waals surface area (Å²) < 4.78 is 7.05. The van der Waals surface area contributed by atoms with Crippen LogP contribution in [0.2, 0.25) is 0 Å². The number of anilines is 1. The SMILES string of the molecule is Cc1ccc(C(=O)N(C)c2ccc(OC(=O)c3c(C)nn4cccnc34)cc2)cc1. The van der Waals surface area contributed by atoms with Crippen LogP contribution in [0.25, 0.3) is 5.65 Å². The van der Waals surface area contributed by atoms with Crippen molar-refractivity contribution in [2.75, 3.05) is 11.9 Å². The van der Waals surface area contributed by atoms with E-state index in [1.165, 1.54) is 0 Å². The van der Waals surface area contributed by atoms with Crippen molar-refractivity contribution < 1.29 is 14.3 Å². The van der Waals surface area contributed by atoms with Crippen molar-refractivity contribution in [3.8, 4) is 5.75 Å². The van der Waals surface area contributed by atoms with Gasteiger partial charge in [0.15, 0.2) is 5.65 Å². The molecule has 7 nitrogen and oxygen atoms in total. The smallest absolute Gasteiger partial charge is 0.349 e. The molecule has 150 valence electrons. The molecule has 0 saturated heterocycles. The van der Waals surface area contributed by atoms with E-state index >= 15 is 0 Å². The lowest BCUT2D eigenvalue weighted by molar-refractivity contribution is 0.0735. The first-order valence-corrected chi connectivity index (χ1v) is 9.41. The number of rotatable bonds is 4. The van der Waals surface area contributed by atoms with Crippen molar-refractivity contribution in [1.82, 2.24) is 14.6 Å². The molecule has 0 saturated carbocycles. The zero-order valence-electron chi connectivity index (χ0n) is 16.9. The minimum Gasteiger partial charge on any atom is -0.423 e. The number of hydrogen-bond donors (Lipinski definition) is 0. The Bertz CT molecular complexity index is 1230. The molecule has 0 radical (unpaired) electrons.